The molecule has 1 fully saturated rings. The van der Waals surface area contributed by atoms with E-state index >= 15 is 0 Å². The van der Waals surface area contributed by atoms with Gasteiger partial charge in [-0.2, -0.15) is 0 Å². The summed E-state index contributed by atoms with van der Waals surface area (Å²) in [6, 6.07) is 0. The fraction of sp³-hybridized carbons (Fsp3) is 0.727. The molecule has 0 amide bonds. The van der Waals surface area contributed by atoms with Crippen LogP contribution in [0.5, 0.6) is 0 Å². The maximum Gasteiger partial charge on any atom is 0.126 e. The van der Waals surface area contributed by atoms with Crippen LogP contribution in [0.25, 0.3) is 0 Å². The first-order valence-corrected chi connectivity index (χ1v) is 7.37. The van der Waals surface area contributed by atoms with Gasteiger partial charge in [0.2, 0.25) is 0 Å². The van der Waals surface area contributed by atoms with Gasteiger partial charge < -0.3 is 10.0 Å². The molecule has 1 aliphatic heterocycles. The molecule has 1 N–H and O–H groups in total. The third-order valence-electron chi connectivity index (χ3n) is 3.10. The first-order chi connectivity index (χ1) is 7.64. The van der Waals surface area contributed by atoms with Crippen molar-refractivity contribution in [2.45, 2.75) is 31.8 Å². The number of halogens is 1. The number of likely N-dealkylation sites (tertiary alicyclic amines) is 1. The second kappa shape index (κ2) is 5.12. The minimum Gasteiger partial charge on any atom is -0.383 e. The highest BCUT2D eigenvalue weighted by molar-refractivity contribution is 9.10. The van der Waals surface area contributed by atoms with Crippen LogP contribution in [0.4, 0.5) is 0 Å². The lowest BCUT2D eigenvalue weighted by Gasteiger charge is -2.36. The summed E-state index contributed by atoms with van der Waals surface area (Å²) in [6.07, 6.45) is 2.78. The molecule has 2 rings (SSSR count). The van der Waals surface area contributed by atoms with E-state index in [1.165, 1.54) is 6.42 Å². The van der Waals surface area contributed by atoms with Crippen molar-refractivity contribution >= 4 is 27.3 Å². The normalized spacial score (nSPS) is 21.2. The molecule has 0 saturated carbocycles. The molecule has 16 heavy (non-hydrogen) atoms. The Bertz CT molecular complexity index is 348. The number of nitrogens with zero attached hydrogens (tertiary/aromatic N) is 2. The number of aromatic nitrogens is 1. The summed E-state index contributed by atoms with van der Waals surface area (Å²) in [5.74, 6) is 0. The zero-order valence-electron chi connectivity index (χ0n) is 9.45. The number of hydrogen-bond acceptors (Lipinski definition) is 4. The number of aliphatic hydroxyl groups is 1. The van der Waals surface area contributed by atoms with Gasteiger partial charge in [-0.15, -0.1) is 11.3 Å². The predicted octanol–water partition coefficient (Wildman–Crippen LogP) is 2.60. The largest absolute Gasteiger partial charge is 0.383 e. The monoisotopic (exact) mass is 304 g/mol. The molecule has 3 nitrogen and oxygen atoms in total. The Labute approximate surface area is 109 Å². The average molecular weight is 305 g/mol. The summed E-state index contributed by atoms with van der Waals surface area (Å²) in [6.45, 7) is 5.28. The maximum atomic E-state index is 10.5. The van der Waals surface area contributed by atoms with E-state index < -0.39 is 5.60 Å². The molecule has 0 radical (unpaired) electrons. The predicted molar refractivity (Wildman–Crippen MR) is 69.7 cm³/mol. The van der Waals surface area contributed by atoms with E-state index in [1.807, 2.05) is 5.38 Å². The lowest BCUT2D eigenvalue weighted by Crippen LogP contribution is -2.42. The van der Waals surface area contributed by atoms with Gasteiger partial charge in [-0.05, 0) is 41.7 Å². The van der Waals surface area contributed by atoms with Crippen LogP contribution in [0.2, 0.25) is 0 Å². The van der Waals surface area contributed by atoms with Crippen molar-refractivity contribution in [2.75, 3.05) is 19.6 Å². The van der Waals surface area contributed by atoms with Crippen molar-refractivity contribution in [3.8, 4) is 0 Å². The molecule has 2 heterocycles. The fourth-order valence-electron chi connectivity index (χ4n) is 2.14. The van der Waals surface area contributed by atoms with Crippen LogP contribution in [0, 0.1) is 0 Å². The third kappa shape index (κ3) is 2.64. The molecule has 0 spiro atoms. The molecule has 1 aromatic heterocycles. The van der Waals surface area contributed by atoms with E-state index in [0.717, 1.165) is 42.1 Å². The topological polar surface area (TPSA) is 36.4 Å². The molecular formula is C11H17BrN2OS. The van der Waals surface area contributed by atoms with Crippen LogP contribution >= 0.6 is 27.3 Å². The van der Waals surface area contributed by atoms with Gasteiger partial charge in [-0.1, -0.05) is 6.92 Å². The second-order valence-corrected chi connectivity index (χ2v) is 6.02. The van der Waals surface area contributed by atoms with Crippen LogP contribution in [-0.2, 0) is 5.60 Å². The van der Waals surface area contributed by atoms with E-state index in [-0.39, 0.29) is 0 Å². The Kier molecular flexibility index (Phi) is 4.00. The smallest absolute Gasteiger partial charge is 0.126 e. The van der Waals surface area contributed by atoms with Gasteiger partial charge in [-0.25, -0.2) is 4.98 Å². The van der Waals surface area contributed by atoms with Crippen molar-refractivity contribution in [1.82, 2.24) is 9.88 Å². The summed E-state index contributed by atoms with van der Waals surface area (Å²) >= 11 is 4.88. The summed E-state index contributed by atoms with van der Waals surface area (Å²) in [5.41, 5.74) is -0.694. The number of thiazole rings is 1. The minimum absolute atomic E-state index is 0.694. The highest BCUT2D eigenvalue weighted by Crippen LogP contribution is 2.35. The minimum atomic E-state index is -0.694. The Morgan fingerprint density at radius 2 is 2.25 bits per heavy atom. The van der Waals surface area contributed by atoms with Crippen molar-refractivity contribution in [2.24, 2.45) is 0 Å². The SMILES string of the molecule is CCCN1CCC(O)(c2nc(Br)cs2)CC1. The molecule has 1 aromatic rings. The average Bonchev–Trinajstić information content (AvgIpc) is 2.70. The highest BCUT2D eigenvalue weighted by Gasteiger charge is 2.36. The Morgan fingerprint density at radius 3 is 2.75 bits per heavy atom. The zero-order valence-corrected chi connectivity index (χ0v) is 11.9. The van der Waals surface area contributed by atoms with Crippen molar-refractivity contribution in [3.05, 3.63) is 15.0 Å². The molecule has 1 aliphatic rings. The van der Waals surface area contributed by atoms with Crippen LogP contribution in [-0.4, -0.2) is 34.6 Å². The third-order valence-corrected chi connectivity index (χ3v) is 4.84. The molecule has 1 saturated heterocycles. The van der Waals surface area contributed by atoms with Crippen molar-refractivity contribution < 1.29 is 5.11 Å². The molecule has 0 atom stereocenters. The first-order valence-electron chi connectivity index (χ1n) is 5.70. The Balaban J connectivity index is 2.01. The number of rotatable bonds is 3. The number of piperidine rings is 1. The van der Waals surface area contributed by atoms with E-state index in [1.54, 1.807) is 11.3 Å². The standard InChI is InChI=1S/C11H17BrN2OS/c1-2-5-14-6-3-11(15,4-7-14)10-13-9(12)8-16-10/h8,15H,2-7H2,1H3. The van der Waals surface area contributed by atoms with Gasteiger partial charge in [0.15, 0.2) is 0 Å². The lowest BCUT2D eigenvalue weighted by molar-refractivity contribution is -0.0259. The fourth-order valence-corrected chi connectivity index (χ4v) is 3.56. The summed E-state index contributed by atoms with van der Waals surface area (Å²) in [5, 5.41) is 13.3. The van der Waals surface area contributed by atoms with Gasteiger partial charge in [0.1, 0.15) is 15.2 Å². The van der Waals surface area contributed by atoms with Gasteiger partial charge >= 0.3 is 0 Å². The van der Waals surface area contributed by atoms with Gasteiger partial charge in [-0.3, -0.25) is 0 Å². The molecule has 0 aliphatic carbocycles. The second-order valence-electron chi connectivity index (χ2n) is 4.35. The quantitative estimate of drug-likeness (QED) is 0.932. The van der Waals surface area contributed by atoms with E-state index in [2.05, 4.69) is 32.7 Å². The molecule has 0 aromatic carbocycles. The van der Waals surface area contributed by atoms with E-state index in [4.69, 9.17) is 0 Å². The summed E-state index contributed by atoms with van der Waals surface area (Å²) in [7, 11) is 0. The molecule has 0 bridgehead atoms. The van der Waals surface area contributed by atoms with Gasteiger partial charge in [0.05, 0.1) is 0 Å². The summed E-state index contributed by atoms with van der Waals surface area (Å²) < 4.78 is 0.830. The lowest BCUT2D eigenvalue weighted by atomic mass is 9.92. The van der Waals surface area contributed by atoms with Gasteiger partial charge in [0, 0.05) is 18.5 Å². The molecule has 5 heteroatoms. The van der Waals surface area contributed by atoms with Gasteiger partial charge in [0.25, 0.3) is 0 Å². The maximum absolute atomic E-state index is 10.5. The van der Waals surface area contributed by atoms with Crippen LogP contribution in [0.15, 0.2) is 9.98 Å². The van der Waals surface area contributed by atoms with Crippen LogP contribution in [0.1, 0.15) is 31.2 Å². The molecule has 90 valence electrons. The highest BCUT2D eigenvalue weighted by atomic mass is 79.9. The van der Waals surface area contributed by atoms with Crippen molar-refractivity contribution in [3.63, 3.8) is 0 Å². The zero-order chi connectivity index (χ0) is 11.6. The Hall–Kier alpha value is 0.0300. The summed E-state index contributed by atoms with van der Waals surface area (Å²) in [4.78, 5) is 6.76. The molecule has 0 unspecified atom stereocenters. The van der Waals surface area contributed by atoms with Crippen molar-refractivity contribution in [1.29, 1.82) is 0 Å². The molecular weight excluding hydrogens is 288 g/mol. The van der Waals surface area contributed by atoms with E-state index in [0.29, 0.717) is 0 Å². The van der Waals surface area contributed by atoms with Crippen LogP contribution < -0.4 is 0 Å². The Morgan fingerprint density at radius 1 is 1.56 bits per heavy atom. The first kappa shape index (κ1) is 12.5. The van der Waals surface area contributed by atoms with Crippen LogP contribution in [0.3, 0.4) is 0 Å². The number of hydrogen-bond donors (Lipinski definition) is 1. The van der Waals surface area contributed by atoms with E-state index in [9.17, 15) is 5.11 Å².